The molecule has 88 valence electrons. The number of benzene rings is 1. The van der Waals surface area contributed by atoms with E-state index in [4.69, 9.17) is 16.3 Å². The number of amides is 1. The molecule has 4 nitrogen and oxygen atoms in total. The number of methoxy groups -OCH3 is 1. The molecule has 0 aliphatic rings. The second-order valence-corrected chi connectivity index (χ2v) is 3.71. The van der Waals surface area contributed by atoms with Gasteiger partial charge in [-0.25, -0.2) is 0 Å². The van der Waals surface area contributed by atoms with Crippen molar-refractivity contribution >= 4 is 23.2 Å². The lowest BCUT2D eigenvalue weighted by molar-refractivity contribution is -0.117. The van der Waals surface area contributed by atoms with Gasteiger partial charge in [0, 0.05) is 12.7 Å². The summed E-state index contributed by atoms with van der Waals surface area (Å²) in [5.41, 5.74) is 0.742. The van der Waals surface area contributed by atoms with Crippen LogP contribution in [0.3, 0.4) is 0 Å². The monoisotopic (exact) mass is 242 g/mol. The molecule has 0 aliphatic heterocycles. The smallest absolute Gasteiger partial charge is 0.240 e. The van der Waals surface area contributed by atoms with Crippen LogP contribution in [-0.4, -0.2) is 33.7 Å². The Balaban J connectivity index is 2.88. The van der Waals surface area contributed by atoms with Crippen molar-refractivity contribution < 1.29 is 9.53 Å². The van der Waals surface area contributed by atoms with Gasteiger partial charge >= 0.3 is 0 Å². The summed E-state index contributed by atoms with van der Waals surface area (Å²) in [6, 6.07) is 5.23. The molecule has 0 spiro atoms. The number of anilines is 1. The molecule has 16 heavy (non-hydrogen) atoms. The van der Waals surface area contributed by atoms with Gasteiger partial charge in [-0.05, 0) is 25.2 Å². The Morgan fingerprint density at radius 3 is 2.75 bits per heavy atom. The van der Waals surface area contributed by atoms with Crippen LogP contribution in [0.4, 0.5) is 5.69 Å². The molecule has 0 aliphatic carbocycles. The quantitative estimate of drug-likeness (QED) is 0.871. The fourth-order valence-corrected chi connectivity index (χ4v) is 1.53. The van der Waals surface area contributed by atoms with Crippen LogP contribution in [0.25, 0.3) is 0 Å². The number of ether oxygens (including phenoxy) is 1. The summed E-state index contributed by atoms with van der Waals surface area (Å²) in [4.78, 5) is 13.1. The van der Waals surface area contributed by atoms with Crippen LogP contribution in [0.5, 0.6) is 5.75 Å². The van der Waals surface area contributed by atoms with E-state index in [0.29, 0.717) is 17.3 Å². The molecular weight excluding hydrogens is 228 g/mol. The lowest BCUT2D eigenvalue weighted by atomic mass is 10.2. The van der Waals surface area contributed by atoms with E-state index in [2.05, 4.69) is 5.32 Å². The van der Waals surface area contributed by atoms with Crippen molar-refractivity contribution in [3.8, 4) is 5.75 Å². The average molecular weight is 243 g/mol. The molecule has 1 N–H and O–H groups in total. The summed E-state index contributed by atoms with van der Waals surface area (Å²) in [6.45, 7) is 0.292. The molecule has 5 heteroatoms. The van der Waals surface area contributed by atoms with Gasteiger partial charge in [0.2, 0.25) is 5.91 Å². The van der Waals surface area contributed by atoms with E-state index < -0.39 is 0 Å². The van der Waals surface area contributed by atoms with E-state index in [1.54, 1.807) is 44.3 Å². The maximum atomic E-state index is 11.6. The lowest BCUT2D eigenvalue weighted by Crippen LogP contribution is -2.34. The number of nitrogens with zero attached hydrogens (tertiary/aromatic N) is 1. The Bertz CT molecular complexity index is 382. The van der Waals surface area contributed by atoms with Crippen LogP contribution in [0.1, 0.15) is 0 Å². The van der Waals surface area contributed by atoms with Crippen molar-refractivity contribution in [1.82, 2.24) is 5.32 Å². The van der Waals surface area contributed by atoms with Gasteiger partial charge in [0.1, 0.15) is 5.75 Å². The molecule has 0 atom stereocenters. The maximum absolute atomic E-state index is 11.6. The van der Waals surface area contributed by atoms with Gasteiger partial charge in [-0.3, -0.25) is 4.79 Å². The highest BCUT2D eigenvalue weighted by atomic mass is 35.5. The van der Waals surface area contributed by atoms with Crippen molar-refractivity contribution in [2.45, 2.75) is 0 Å². The first-order chi connectivity index (χ1) is 7.60. The zero-order valence-corrected chi connectivity index (χ0v) is 10.3. The number of rotatable bonds is 4. The largest absolute Gasteiger partial charge is 0.495 e. The first-order valence-electron chi connectivity index (χ1n) is 4.85. The topological polar surface area (TPSA) is 41.6 Å². The zero-order valence-electron chi connectivity index (χ0n) is 9.58. The molecule has 0 aromatic heterocycles. The average Bonchev–Trinajstić information content (AvgIpc) is 2.28. The molecular formula is C11H15ClN2O2. The third-order valence-corrected chi connectivity index (χ3v) is 2.52. The normalized spacial score (nSPS) is 10.0. The maximum Gasteiger partial charge on any atom is 0.240 e. The van der Waals surface area contributed by atoms with E-state index in [1.807, 2.05) is 0 Å². The Labute approximate surface area is 100 Å². The number of halogens is 1. The Kier molecular flexibility index (Phi) is 4.58. The number of hydrogen-bond acceptors (Lipinski definition) is 3. The highest BCUT2D eigenvalue weighted by Crippen LogP contribution is 2.28. The minimum atomic E-state index is -0.0243. The highest BCUT2D eigenvalue weighted by Gasteiger charge is 2.11. The van der Waals surface area contributed by atoms with Gasteiger partial charge in [-0.1, -0.05) is 11.6 Å². The standard InChI is InChI=1S/C11H15ClN2O2/c1-13-7-11(15)14(2)8-4-5-10(16-3)9(12)6-8/h4-6,13H,7H2,1-3H3. The van der Waals surface area contributed by atoms with E-state index in [9.17, 15) is 4.79 Å². The number of carbonyl (C=O) groups is 1. The van der Waals surface area contributed by atoms with Gasteiger partial charge in [-0.15, -0.1) is 0 Å². The first-order valence-corrected chi connectivity index (χ1v) is 5.22. The molecule has 0 heterocycles. The number of likely N-dealkylation sites (N-methyl/N-ethyl adjacent to an activating group) is 2. The van der Waals surface area contributed by atoms with Gasteiger partial charge in [0.05, 0.1) is 18.7 Å². The first kappa shape index (κ1) is 12.8. The van der Waals surface area contributed by atoms with Crippen LogP contribution in [0, 0.1) is 0 Å². The molecule has 0 fully saturated rings. The van der Waals surface area contributed by atoms with Crippen molar-refractivity contribution in [3.63, 3.8) is 0 Å². The fourth-order valence-electron chi connectivity index (χ4n) is 1.28. The molecule has 1 rings (SSSR count). The minimum Gasteiger partial charge on any atom is -0.495 e. The molecule has 0 saturated carbocycles. The van der Waals surface area contributed by atoms with Gasteiger partial charge in [0.15, 0.2) is 0 Å². The Hall–Kier alpha value is -1.26. The predicted octanol–water partition coefficient (Wildman–Crippen LogP) is 1.53. The van der Waals surface area contributed by atoms with Gasteiger partial charge in [0.25, 0.3) is 0 Å². The van der Waals surface area contributed by atoms with Crippen LogP contribution >= 0.6 is 11.6 Å². The summed E-state index contributed by atoms with van der Waals surface area (Å²) in [5.74, 6) is 0.573. The number of carbonyl (C=O) groups excluding carboxylic acids is 1. The van der Waals surface area contributed by atoms with Crippen LogP contribution < -0.4 is 15.0 Å². The molecule has 0 saturated heterocycles. The summed E-state index contributed by atoms with van der Waals surface area (Å²) < 4.78 is 5.04. The second-order valence-electron chi connectivity index (χ2n) is 3.30. The van der Waals surface area contributed by atoms with Crippen molar-refractivity contribution in [2.75, 3.05) is 32.6 Å². The van der Waals surface area contributed by atoms with Gasteiger partial charge < -0.3 is 15.0 Å². The molecule has 1 amide bonds. The molecule has 0 radical (unpaired) electrons. The third-order valence-electron chi connectivity index (χ3n) is 2.22. The van der Waals surface area contributed by atoms with Crippen molar-refractivity contribution in [2.24, 2.45) is 0 Å². The van der Waals surface area contributed by atoms with Crippen molar-refractivity contribution in [1.29, 1.82) is 0 Å². The van der Waals surface area contributed by atoms with Crippen LogP contribution in [0.2, 0.25) is 5.02 Å². The fraction of sp³-hybridized carbons (Fsp3) is 0.364. The number of hydrogen-bond donors (Lipinski definition) is 1. The Morgan fingerprint density at radius 2 is 2.25 bits per heavy atom. The highest BCUT2D eigenvalue weighted by molar-refractivity contribution is 6.32. The van der Waals surface area contributed by atoms with Crippen LogP contribution in [0.15, 0.2) is 18.2 Å². The van der Waals surface area contributed by atoms with E-state index >= 15 is 0 Å². The second kappa shape index (κ2) is 5.72. The minimum absolute atomic E-state index is 0.0243. The van der Waals surface area contributed by atoms with E-state index in [0.717, 1.165) is 5.69 Å². The van der Waals surface area contributed by atoms with Crippen LogP contribution in [-0.2, 0) is 4.79 Å². The van der Waals surface area contributed by atoms with Gasteiger partial charge in [-0.2, -0.15) is 0 Å². The molecule has 0 unspecified atom stereocenters. The summed E-state index contributed by atoms with van der Waals surface area (Å²) >= 11 is 5.98. The Morgan fingerprint density at radius 1 is 1.56 bits per heavy atom. The number of nitrogens with one attached hydrogen (secondary N) is 1. The summed E-state index contributed by atoms with van der Waals surface area (Å²) in [5, 5.41) is 3.30. The summed E-state index contributed by atoms with van der Waals surface area (Å²) in [6.07, 6.45) is 0. The lowest BCUT2D eigenvalue weighted by Gasteiger charge is -2.18. The third kappa shape index (κ3) is 2.87. The SMILES string of the molecule is CNCC(=O)N(C)c1ccc(OC)c(Cl)c1. The van der Waals surface area contributed by atoms with E-state index in [1.165, 1.54) is 0 Å². The van der Waals surface area contributed by atoms with E-state index in [-0.39, 0.29) is 5.91 Å². The van der Waals surface area contributed by atoms with Crippen molar-refractivity contribution in [3.05, 3.63) is 23.2 Å². The molecule has 1 aromatic carbocycles. The summed E-state index contributed by atoms with van der Waals surface area (Å²) in [7, 11) is 4.99. The predicted molar refractivity (Wildman–Crippen MR) is 65.3 cm³/mol. The zero-order chi connectivity index (χ0) is 12.1. The molecule has 1 aromatic rings. The molecule has 0 bridgehead atoms.